The van der Waals surface area contributed by atoms with Crippen molar-refractivity contribution in [3.63, 3.8) is 0 Å². The number of rotatable bonds is 7. The van der Waals surface area contributed by atoms with Crippen LogP contribution in [0.2, 0.25) is 5.02 Å². The average Bonchev–Trinajstić information content (AvgIpc) is 2.80. The molecule has 0 aliphatic heterocycles. The van der Waals surface area contributed by atoms with Crippen molar-refractivity contribution in [1.82, 2.24) is 14.9 Å². The standard InChI is InChI=1S/C15H21ClN4OS/c1-4-5-14-18-19-15(22)20(14)17-9-11-6-7-13(12(16)8-11)21-10(2)3/h6-8,10,17H,4-5,9H2,1-3H3,(H,19,22). The molecule has 5 nitrogen and oxygen atoms in total. The van der Waals surface area contributed by atoms with E-state index in [1.165, 1.54) is 0 Å². The first-order chi connectivity index (χ1) is 10.5. The summed E-state index contributed by atoms with van der Waals surface area (Å²) in [6.45, 7) is 6.66. The minimum absolute atomic E-state index is 0.0994. The topological polar surface area (TPSA) is 54.9 Å². The van der Waals surface area contributed by atoms with Crippen molar-refractivity contribution in [2.24, 2.45) is 0 Å². The zero-order valence-corrected chi connectivity index (χ0v) is 14.6. The highest BCUT2D eigenvalue weighted by molar-refractivity contribution is 7.71. The van der Waals surface area contributed by atoms with Crippen molar-refractivity contribution < 1.29 is 4.74 Å². The fourth-order valence-electron chi connectivity index (χ4n) is 2.06. The molecule has 0 radical (unpaired) electrons. The van der Waals surface area contributed by atoms with Gasteiger partial charge in [-0.1, -0.05) is 24.6 Å². The fraction of sp³-hybridized carbons (Fsp3) is 0.467. The van der Waals surface area contributed by atoms with Crippen LogP contribution < -0.4 is 10.2 Å². The molecule has 0 fully saturated rings. The Kier molecular flexibility index (Phi) is 5.85. The van der Waals surface area contributed by atoms with Crippen LogP contribution >= 0.6 is 23.8 Å². The summed E-state index contributed by atoms with van der Waals surface area (Å²) in [6.07, 6.45) is 1.97. The van der Waals surface area contributed by atoms with E-state index in [-0.39, 0.29) is 6.10 Å². The van der Waals surface area contributed by atoms with Gasteiger partial charge in [0, 0.05) is 6.42 Å². The Labute approximate surface area is 140 Å². The summed E-state index contributed by atoms with van der Waals surface area (Å²) in [7, 11) is 0. The van der Waals surface area contributed by atoms with Crippen LogP contribution in [-0.4, -0.2) is 21.0 Å². The van der Waals surface area contributed by atoms with Gasteiger partial charge in [-0.25, -0.2) is 4.68 Å². The minimum atomic E-state index is 0.0994. The number of hydrogen-bond acceptors (Lipinski definition) is 4. The third-order valence-corrected chi connectivity index (χ3v) is 3.58. The number of ether oxygens (including phenoxy) is 1. The third-order valence-electron chi connectivity index (χ3n) is 3.02. The summed E-state index contributed by atoms with van der Waals surface area (Å²) in [5.74, 6) is 1.60. The van der Waals surface area contributed by atoms with Gasteiger partial charge in [0.1, 0.15) is 5.75 Å². The second kappa shape index (κ2) is 7.65. The number of aromatic nitrogens is 3. The molecule has 7 heteroatoms. The number of hydrogen-bond donors (Lipinski definition) is 2. The van der Waals surface area contributed by atoms with Gasteiger partial charge in [-0.3, -0.25) is 5.10 Å². The van der Waals surface area contributed by atoms with E-state index in [0.29, 0.717) is 22.1 Å². The summed E-state index contributed by atoms with van der Waals surface area (Å²) < 4.78 is 8.01. The number of H-pyrrole nitrogens is 1. The Balaban J connectivity index is 2.07. The number of nitrogens with one attached hydrogen (secondary N) is 2. The van der Waals surface area contributed by atoms with Crippen molar-refractivity contribution in [1.29, 1.82) is 0 Å². The lowest BCUT2D eigenvalue weighted by molar-refractivity contribution is 0.242. The lowest BCUT2D eigenvalue weighted by atomic mass is 10.2. The highest BCUT2D eigenvalue weighted by Crippen LogP contribution is 2.26. The van der Waals surface area contributed by atoms with Crippen molar-refractivity contribution in [2.45, 2.75) is 46.3 Å². The molecule has 0 spiro atoms. The Bertz CT molecular complexity index is 680. The zero-order chi connectivity index (χ0) is 16.1. The van der Waals surface area contributed by atoms with E-state index in [1.807, 2.05) is 36.7 Å². The number of aryl methyl sites for hydroxylation is 1. The van der Waals surface area contributed by atoms with E-state index in [1.54, 1.807) is 0 Å². The Morgan fingerprint density at radius 2 is 2.23 bits per heavy atom. The molecule has 0 atom stereocenters. The molecule has 0 aliphatic rings. The van der Waals surface area contributed by atoms with Gasteiger partial charge in [-0.2, -0.15) is 5.10 Å². The Morgan fingerprint density at radius 1 is 1.45 bits per heavy atom. The van der Waals surface area contributed by atoms with E-state index in [0.717, 1.165) is 24.2 Å². The predicted molar refractivity (Wildman–Crippen MR) is 91.7 cm³/mol. The summed E-state index contributed by atoms with van der Waals surface area (Å²) in [5.41, 5.74) is 4.32. The molecule has 1 aromatic carbocycles. The highest BCUT2D eigenvalue weighted by Gasteiger charge is 2.07. The van der Waals surface area contributed by atoms with E-state index >= 15 is 0 Å². The van der Waals surface area contributed by atoms with Gasteiger partial charge in [-0.05, 0) is 50.2 Å². The molecule has 0 saturated carbocycles. The molecule has 0 amide bonds. The largest absolute Gasteiger partial charge is 0.489 e. The summed E-state index contributed by atoms with van der Waals surface area (Å²) in [6, 6.07) is 5.77. The summed E-state index contributed by atoms with van der Waals surface area (Å²) in [4.78, 5) is 0. The first-order valence-corrected chi connectivity index (χ1v) is 8.15. The molecular weight excluding hydrogens is 320 g/mol. The van der Waals surface area contributed by atoms with Gasteiger partial charge in [0.25, 0.3) is 0 Å². The van der Waals surface area contributed by atoms with Gasteiger partial charge < -0.3 is 10.2 Å². The number of benzene rings is 1. The van der Waals surface area contributed by atoms with E-state index < -0.39 is 0 Å². The van der Waals surface area contributed by atoms with Crippen molar-refractivity contribution in [3.05, 3.63) is 39.4 Å². The second-order valence-electron chi connectivity index (χ2n) is 5.30. The first kappa shape index (κ1) is 16.8. The number of aromatic amines is 1. The van der Waals surface area contributed by atoms with Crippen LogP contribution in [0.5, 0.6) is 5.75 Å². The molecule has 0 unspecified atom stereocenters. The smallest absolute Gasteiger partial charge is 0.214 e. The van der Waals surface area contributed by atoms with Gasteiger partial charge in [-0.15, -0.1) is 0 Å². The van der Waals surface area contributed by atoms with Gasteiger partial charge >= 0.3 is 0 Å². The van der Waals surface area contributed by atoms with Crippen molar-refractivity contribution in [3.8, 4) is 5.75 Å². The van der Waals surface area contributed by atoms with Crippen LogP contribution in [0.4, 0.5) is 0 Å². The molecule has 2 N–H and O–H groups in total. The molecule has 22 heavy (non-hydrogen) atoms. The minimum Gasteiger partial charge on any atom is -0.489 e. The van der Waals surface area contributed by atoms with E-state index in [2.05, 4.69) is 22.5 Å². The highest BCUT2D eigenvalue weighted by atomic mass is 35.5. The molecular formula is C15H21ClN4OS. The lowest BCUT2D eigenvalue weighted by Gasteiger charge is -2.13. The average molecular weight is 341 g/mol. The normalized spacial score (nSPS) is 11.0. The molecule has 0 aliphatic carbocycles. The second-order valence-corrected chi connectivity index (χ2v) is 6.09. The summed E-state index contributed by atoms with van der Waals surface area (Å²) >= 11 is 11.5. The molecule has 1 heterocycles. The SMILES string of the molecule is CCCc1n[nH]c(=S)n1NCc1ccc(OC(C)C)c(Cl)c1. The van der Waals surface area contributed by atoms with Crippen LogP contribution in [0.25, 0.3) is 0 Å². The van der Waals surface area contributed by atoms with Gasteiger partial charge in [0.15, 0.2) is 5.82 Å². The first-order valence-electron chi connectivity index (χ1n) is 7.36. The predicted octanol–water partition coefficient (Wildman–Crippen LogP) is 4.08. The summed E-state index contributed by atoms with van der Waals surface area (Å²) in [5, 5.41) is 7.64. The lowest BCUT2D eigenvalue weighted by Crippen LogP contribution is -2.17. The van der Waals surface area contributed by atoms with Crippen LogP contribution in [0.3, 0.4) is 0 Å². The van der Waals surface area contributed by atoms with Crippen molar-refractivity contribution in [2.75, 3.05) is 5.43 Å². The van der Waals surface area contributed by atoms with E-state index in [4.69, 9.17) is 28.6 Å². The number of halogens is 1. The monoisotopic (exact) mass is 340 g/mol. The zero-order valence-electron chi connectivity index (χ0n) is 13.0. The molecule has 0 saturated heterocycles. The maximum Gasteiger partial charge on any atom is 0.214 e. The molecule has 1 aromatic heterocycles. The van der Waals surface area contributed by atoms with Crippen LogP contribution in [0.1, 0.15) is 38.6 Å². The maximum absolute atomic E-state index is 6.25. The molecule has 120 valence electrons. The third kappa shape index (κ3) is 4.24. The Morgan fingerprint density at radius 3 is 2.86 bits per heavy atom. The van der Waals surface area contributed by atoms with Crippen LogP contribution in [0, 0.1) is 4.77 Å². The van der Waals surface area contributed by atoms with Crippen LogP contribution in [0.15, 0.2) is 18.2 Å². The van der Waals surface area contributed by atoms with Gasteiger partial charge in [0.05, 0.1) is 17.7 Å². The van der Waals surface area contributed by atoms with Gasteiger partial charge in [0.2, 0.25) is 4.77 Å². The number of nitrogens with zero attached hydrogens (tertiary/aromatic N) is 2. The van der Waals surface area contributed by atoms with Crippen LogP contribution in [-0.2, 0) is 13.0 Å². The fourth-order valence-corrected chi connectivity index (χ4v) is 2.52. The molecule has 2 rings (SSSR count). The maximum atomic E-state index is 6.25. The quantitative estimate of drug-likeness (QED) is 0.746. The Hall–Kier alpha value is -1.53. The van der Waals surface area contributed by atoms with Crippen molar-refractivity contribution >= 4 is 23.8 Å². The van der Waals surface area contributed by atoms with E-state index in [9.17, 15) is 0 Å². The molecule has 0 bridgehead atoms. The molecule has 2 aromatic rings.